The van der Waals surface area contributed by atoms with Gasteiger partial charge in [0.15, 0.2) is 9.84 Å². The zero-order valence-electron chi connectivity index (χ0n) is 18.6. The van der Waals surface area contributed by atoms with Gasteiger partial charge in [-0.15, -0.1) is 0 Å². The van der Waals surface area contributed by atoms with Crippen molar-refractivity contribution in [1.29, 1.82) is 0 Å². The summed E-state index contributed by atoms with van der Waals surface area (Å²) >= 11 is 0. The molecule has 1 aliphatic heterocycles. The number of carbonyl (C=O) groups is 1. The Labute approximate surface area is 185 Å². The monoisotopic (exact) mass is 444 g/mol. The van der Waals surface area contributed by atoms with E-state index in [0.717, 1.165) is 24.1 Å². The number of anilines is 1. The first-order valence-corrected chi connectivity index (χ1v) is 12.6. The van der Waals surface area contributed by atoms with Crippen molar-refractivity contribution < 1.29 is 17.9 Å². The van der Waals surface area contributed by atoms with E-state index in [9.17, 15) is 13.2 Å². The van der Waals surface area contributed by atoms with Crippen molar-refractivity contribution in [3.8, 4) is 5.75 Å². The molecule has 1 amide bonds. The molecule has 6 nitrogen and oxygen atoms in total. The average molecular weight is 445 g/mol. The van der Waals surface area contributed by atoms with E-state index in [1.807, 2.05) is 55.4 Å². The highest BCUT2D eigenvalue weighted by atomic mass is 32.2. The molecule has 1 aliphatic rings. The molecule has 1 unspecified atom stereocenters. The number of unbranched alkanes of at least 4 members (excludes halogenated alkanes) is 1. The van der Waals surface area contributed by atoms with Crippen LogP contribution in [0.2, 0.25) is 0 Å². The number of nitrogens with zero attached hydrogens (tertiary/aromatic N) is 2. The van der Waals surface area contributed by atoms with Gasteiger partial charge in [-0.1, -0.05) is 31.5 Å². The topological polar surface area (TPSA) is 66.9 Å². The lowest BCUT2D eigenvalue weighted by molar-refractivity contribution is 0.0680. The van der Waals surface area contributed by atoms with Gasteiger partial charge in [-0.2, -0.15) is 0 Å². The van der Waals surface area contributed by atoms with E-state index >= 15 is 0 Å². The highest BCUT2D eigenvalue weighted by Crippen LogP contribution is 2.24. The van der Waals surface area contributed by atoms with Crippen LogP contribution < -0.4 is 9.64 Å². The smallest absolute Gasteiger partial charge is 0.254 e. The lowest BCUT2D eigenvalue weighted by Crippen LogP contribution is -2.40. The third-order valence-corrected chi connectivity index (χ3v) is 7.31. The van der Waals surface area contributed by atoms with Gasteiger partial charge in [-0.3, -0.25) is 4.79 Å². The maximum Gasteiger partial charge on any atom is 0.254 e. The van der Waals surface area contributed by atoms with Gasteiger partial charge < -0.3 is 14.5 Å². The van der Waals surface area contributed by atoms with Crippen molar-refractivity contribution in [2.45, 2.75) is 38.8 Å². The van der Waals surface area contributed by atoms with Gasteiger partial charge in [0.2, 0.25) is 0 Å². The van der Waals surface area contributed by atoms with E-state index in [2.05, 4.69) is 6.92 Å². The Morgan fingerprint density at radius 1 is 1.13 bits per heavy atom. The summed E-state index contributed by atoms with van der Waals surface area (Å²) in [7, 11) is 0.837. The molecule has 0 aliphatic carbocycles. The van der Waals surface area contributed by atoms with Gasteiger partial charge >= 0.3 is 0 Å². The molecule has 1 saturated heterocycles. The summed E-state index contributed by atoms with van der Waals surface area (Å²) in [4.78, 5) is 17.2. The summed E-state index contributed by atoms with van der Waals surface area (Å²) in [5.74, 6) is 0.635. The minimum atomic E-state index is -3.11. The summed E-state index contributed by atoms with van der Waals surface area (Å²) in [6.45, 7) is 3.08. The predicted molar refractivity (Wildman–Crippen MR) is 125 cm³/mol. The molecule has 7 heteroatoms. The Kier molecular flexibility index (Phi) is 7.59. The summed E-state index contributed by atoms with van der Waals surface area (Å²) in [5.41, 5.74) is 2.56. The molecule has 0 N–H and O–H groups in total. The van der Waals surface area contributed by atoms with Crippen molar-refractivity contribution in [2.24, 2.45) is 0 Å². The molecule has 2 aromatic rings. The lowest BCUT2D eigenvalue weighted by Gasteiger charge is -2.29. The van der Waals surface area contributed by atoms with Crippen LogP contribution in [-0.2, 0) is 16.4 Å². The molecule has 1 atom stereocenters. The summed E-state index contributed by atoms with van der Waals surface area (Å²) < 4.78 is 30.0. The van der Waals surface area contributed by atoms with Gasteiger partial charge in [0.25, 0.3) is 5.91 Å². The maximum absolute atomic E-state index is 13.5. The Morgan fingerprint density at radius 3 is 2.48 bits per heavy atom. The first-order valence-electron chi connectivity index (χ1n) is 10.8. The molecule has 3 rings (SSSR count). The predicted octanol–water partition coefficient (Wildman–Crippen LogP) is 3.76. The minimum Gasteiger partial charge on any atom is -0.494 e. The SMILES string of the molecule is CCCCOc1cccc(C(=O)N(Cc2ccc(N(C)C)cc2)C2CCS(=O)(=O)C2)c1. The maximum atomic E-state index is 13.5. The number of carbonyl (C=O) groups excluding carboxylic acids is 1. The Balaban J connectivity index is 1.84. The van der Waals surface area contributed by atoms with Crippen LogP contribution in [-0.4, -0.2) is 57.5 Å². The first-order chi connectivity index (χ1) is 14.8. The number of ether oxygens (including phenoxy) is 1. The largest absolute Gasteiger partial charge is 0.494 e. The molecule has 0 spiro atoms. The standard InChI is InChI=1S/C24H32N2O4S/c1-4-5-14-30-23-8-6-7-20(16-23)24(27)26(22-13-15-31(28,29)18-22)17-19-9-11-21(12-10-19)25(2)3/h6-12,16,22H,4-5,13-15,17-18H2,1-3H3. The zero-order valence-corrected chi connectivity index (χ0v) is 19.4. The van der Waals surface area contributed by atoms with Crippen LogP contribution in [0.15, 0.2) is 48.5 Å². The van der Waals surface area contributed by atoms with Gasteiger partial charge in [-0.25, -0.2) is 8.42 Å². The molecule has 1 fully saturated rings. The normalized spacial score (nSPS) is 17.3. The number of amides is 1. The third kappa shape index (κ3) is 6.23. The second-order valence-corrected chi connectivity index (χ2v) is 10.5. The molecular weight excluding hydrogens is 412 g/mol. The number of hydrogen-bond donors (Lipinski definition) is 0. The van der Waals surface area contributed by atoms with Gasteiger partial charge in [-0.05, 0) is 48.7 Å². The second-order valence-electron chi connectivity index (χ2n) is 8.28. The molecule has 2 aromatic carbocycles. The van der Waals surface area contributed by atoms with E-state index in [0.29, 0.717) is 30.9 Å². The van der Waals surface area contributed by atoms with E-state index in [1.54, 1.807) is 17.0 Å². The fourth-order valence-corrected chi connectivity index (χ4v) is 5.43. The van der Waals surface area contributed by atoms with Crippen LogP contribution in [0.3, 0.4) is 0 Å². The molecule has 168 valence electrons. The lowest BCUT2D eigenvalue weighted by atomic mass is 10.1. The molecule has 1 heterocycles. The molecule has 0 radical (unpaired) electrons. The van der Waals surface area contributed by atoms with E-state index in [4.69, 9.17) is 4.74 Å². The van der Waals surface area contributed by atoms with Crippen LogP contribution in [0.1, 0.15) is 42.1 Å². The Bertz CT molecular complexity index is 987. The Morgan fingerprint density at radius 2 is 1.87 bits per heavy atom. The quantitative estimate of drug-likeness (QED) is 0.551. The zero-order chi connectivity index (χ0) is 22.4. The first kappa shape index (κ1) is 23.1. The second kappa shape index (κ2) is 10.2. The highest BCUT2D eigenvalue weighted by molar-refractivity contribution is 7.91. The van der Waals surface area contributed by atoms with Crippen LogP contribution in [0.25, 0.3) is 0 Å². The van der Waals surface area contributed by atoms with Crippen molar-refractivity contribution in [2.75, 3.05) is 37.1 Å². The highest BCUT2D eigenvalue weighted by Gasteiger charge is 2.35. The minimum absolute atomic E-state index is 0.0151. The molecular formula is C24H32N2O4S. The molecule has 0 bridgehead atoms. The summed E-state index contributed by atoms with van der Waals surface area (Å²) in [6.07, 6.45) is 2.46. The van der Waals surface area contributed by atoms with E-state index in [1.165, 1.54) is 0 Å². The molecule has 31 heavy (non-hydrogen) atoms. The Hall–Kier alpha value is -2.54. The number of sulfone groups is 1. The average Bonchev–Trinajstić information content (AvgIpc) is 3.11. The van der Waals surface area contributed by atoms with Crippen molar-refractivity contribution >= 4 is 21.4 Å². The van der Waals surface area contributed by atoms with Gasteiger partial charge in [0, 0.05) is 37.9 Å². The summed E-state index contributed by atoms with van der Waals surface area (Å²) in [5, 5.41) is 0. The fraction of sp³-hybridized carbons (Fsp3) is 0.458. The van der Waals surface area contributed by atoms with Crippen LogP contribution in [0.4, 0.5) is 5.69 Å². The third-order valence-electron chi connectivity index (χ3n) is 5.56. The van der Waals surface area contributed by atoms with Crippen molar-refractivity contribution in [1.82, 2.24) is 4.90 Å². The molecule has 0 aromatic heterocycles. The van der Waals surface area contributed by atoms with Gasteiger partial charge in [0.05, 0.1) is 18.1 Å². The molecule has 0 saturated carbocycles. The number of hydrogen-bond acceptors (Lipinski definition) is 5. The number of benzene rings is 2. The fourth-order valence-electron chi connectivity index (χ4n) is 3.70. The van der Waals surface area contributed by atoms with E-state index in [-0.39, 0.29) is 23.5 Å². The number of rotatable bonds is 9. The van der Waals surface area contributed by atoms with Crippen LogP contribution in [0.5, 0.6) is 5.75 Å². The van der Waals surface area contributed by atoms with E-state index < -0.39 is 9.84 Å². The van der Waals surface area contributed by atoms with Crippen LogP contribution in [0, 0.1) is 0 Å². The summed E-state index contributed by atoms with van der Waals surface area (Å²) in [6, 6.07) is 14.8. The van der Waals surface area contributed by atoms with Crippen molar-refractivity contribution in [3.05, 3.63) is 59.7 Å². The van der Waals surface area contributed by atoms with Gasteiger partial charge in [0.1, 0.15) is 5.75 Å². The van der Waals surface area contributed by atoms with Crippen LogP contribution >= 0.6 is 0 Å². The van der Waals surface area contributed by atoms with Crippen molar-refractivity contribution in [3.63, 3.8) is 0 Å².